The van der Waals surface area contributed by atoms with Gasteiger partial charge in [0.05, 0.1) is 0 Å². The van der Waals surface area contributed by atoms with Crippen molar-refractivity contribution in [3.63, 3.8) is 0 Å². The van der Waals surface area contributed by atoms with Crippen molar-refractivity contribution in [3.8, 4) is 0 Å². The van der Waals surface area contributed by atoms with Crippen LogP contribution in [0.25, 0.3) is 5.57 Å². The molecule has 2 unspecified atom stereocenters. The van der Waals surface area contributed by atoms with E-state index in [0.717, 1.165) is 12.8 Å². The van der Waals surface area contributed by atoms with Crippen LogP contribution in [-0.2, 0) is 5.41 Å². The van der Waals surface area contributed by atoms with Crippen LogP contribution in [0.4, 0.5) is 0 Å². The van der Waals surface area contributed by atoms with E-state index in [1.165, 1.54) is 28.1 Å². The van der Waals surface area contributed by atoms with E-state index in [9.17, 15) is 0 Å². The molecule has 0 fully saturated rings. The van der Waals surface area contributed by atoms with Crippen LogP contribution >= 0.6 is 0 Å². The van der Waals surface area contributed by atoms with Crippen LogP contribution in [0, 0.1) is 5.92 Å². The van der Waals surface area contributed by atoms with E-state index in [4.69, 9.17) is 0 Å². The van der Waals surface area contributed by atoms with Gasteiger partial charge in [-0.05, 0) is 41.7 Å². The minimum Gasteiger partial charge on any atom is -0.359 e. The van der Waals surface area contributed by atoms with Crippen LogP contribution in [0.3, 0.4) is 0 Å². The van der Waals surface area contributed by atoms with E-state index < -0.39 is 0 Å². The predicted octanol–water partition coefficient (Wildman–Crippen LogP) is 6.39. The second-order valence-corrected chi connectivity index (χ2v) is 7.89. The molecule has 27 heavy (non-hydrogen) atoms. The summed E-state index contributed by atoms with van der Waals surface area (Å²) in [6.07, 6.45) is 13.5. The van der Waals surface area contributed by atoms with E-state index in [2.05, 4.69) is 110 Å². The van der Waals surface area contributed by atoms with E-state index in [1.807, 2.05) is 0 Å². The third-order valence-corrected chi connectivity index (χ3v) is 5.76. The molecule has 4 rings (SSSR count). The highest BCUT2D eigenvalue weighted by molar-refractivity contribution is 5.69. The summed E-state index contributed by atoms with van der Waals surface area (Å²) >= 11 is 0. The maximum Gasteiger partial charge on any atom is 0.0338 e. The molecule has 0 spiro atoms. The van der Waals surface area contributed by atoms with Crippen molar-refractivity contribution in [1.82, 2.24) is 5.32 Å². The third kappa shape index (κ3) is 3.83. The second kappa shape index (κ2) is 7.44. The van der Waals surface area contributed by atoms with Crippen LogP contribution in [-0.4, -0.2) is 0 Å². The van der Waals surface area contributed by atoms with Crippen molar-refractivity contribution in [2.24, 2.45) is 5.92 Å². The first-order valence-corrected chi connectivity index (χ1v) is 9.82. The van der Waals surface area contributed by atoms with Crippen molar-refractivity contribution in [2.45, 2.75) is 32.1 Å². The Bertz CT molecular complexity index is 915. The smallest absolute Gasteiger partial charge is 0.0338 e. The summed E-state index contributed by atoms with van der Waals surface area (Å²) in [6, 6.07) is 21.5. The Kier molecular flexibility index (Phi) is 4.85. The number of nitrogens with one attached hydrogen (secondary N) is 1. The standard InChI is InChI=1S/C26H27N/c1-20-19-22(21-9-5-3-6-10-21)13-14-25(20)27-24-15-17-26(2,18-16-24)23-11-7-4-8-12-23/h3-17,20,27H,18-19H2,1-2H3. The summed E-state index contributed by atoms with van der Waals surface area (Å²) in [7, 11) is 0. The summed E-state index contributed by atoms with van der Waals surface area (Å²) in [6.45, 7) is 4.61. The van der Waals surface area contributed by atoms with Gasteiger partial charge in [0, 0.05) is 22.7 Å². The van der Waals surface area contributed by atoms with Gasteiger partial charge < -0.3 is 5.32 Å². The summed E-state index contributed by atoms with van der Waals surface area (Å²) in [5.74, 6) is 0.488. The molecule has 0 aromatic heterocycles. The fourth-order valence-corrected chi connectivity index (χ4v) is 3.92. The lowest BCUT2D eigenvalue weighted by molar-refractivity contribution is 0.587. The van der Waals surface area contributed by atoms with E-state index in [0.29, 0.717) is 5.92 Å². The fraction of sp³-hybridized carbons (Fsp3) is 0.231. The average Bonchev–Trinajstić information content (AvgIpc) is 2.72. The van der Waals surface area contributed by atoms with Gasteiger partial charge in [-0.25, -0.2) is 0 Å². The zero-order chi connectivity index (χ0) is 18.7. The first-order chi connectivity index (χ1) is 13.1. The van der Waals surface area contributed by atoms with Crippen LogP contribution in [0.5, 0.6) is 0 Å². The highest BCUT2D eigenvalue weighted by atomic mass is 14.9. The van der Waals surface area contributed by atoms with Crippen molar-refractivity contribution in [1.29, 1.82) is 0 Å². The van der Waals surface area contributed by atoms with Crippen LogP contribution in [0.2, 0.25) is 0 Å². The van der Waals surface area contributed by atoms with Gasteiger partial charge >= 0.3 is 0 Å². The van der Waals surface area contributed by atoms with Gasteiger partial charge in [0.1, 0.15) is 0 Å². The van der Waals surface area contributed by atoms with E-state index in [1.54, 1.807) is 0 Å². The maximum atomic E-state index is 3.66. The minimum atomic E-state index is 0.0827. The number of hydrogen-bond acceptors (Lipinski definition) is 1. The summed E-state index contributed by atoms with van der Waals surface area (Å²) in [5.41, 5.74) is 6.71. The van der Waals surface area contributed by atoms with Gasteiger partial charge in [0.2, 0.25) is 0 Å². The molecule has 2 aliphatic rings. The Morgan fingerprint density at radius 3 is 2.26 bits per heavy atom. The number of allylic oxidation sites excluding steroid dienone is 7. The largest absolute Gasteiger partial charge is 0.359 e. The molecule has 2 aromatic rings. The number of rotatable bonds is 4. The van der Waals surface area contributed by atoms with E-state index >= 15 is 0 Å². The SMILES string of the molecule is CC1CC(c2ccccc2)=CC=C1NC1=CCC(C)(c2ccccc2)C=C1. The van der Waals surface area contributed by atoms with Gasteiger partial charge in [-0.3, -0.25) is 0 Å². The zero-order valence-corrected chi connectivity index (χ0v) is 16.2. The molecule has 0 radical (unpaired) electrons. The molecule has 0 bridgehead atoms. The van der Waals surface area contributed by atoms with Crippen molar-refractivity contribution in [3.05, 3.63) is 114 Å². The van der Waals surface area contributed by atoms with Crippen LogP contribution < -0.4 is 5.32 Å². The van der Waals surface area contributed by atoms with E-state index in [-0.39, 0.29) is 5.41 Å². The first-order valence-electron chi connectivity index (χ1n) is 9.82. The molecule has 1 nitrogen and oxygen atoms in total. The molecule has 2 atom stereocenters. The topological polar surface area (TPSA) is 12.0 Å². The molecular formula is C26H27N. The van der Waals surface area contributed by atoms with Crippen molar-refractivity contribution in [2.75, 3.05) is 0 Å². The monoisotopic (exact) mass is 353 g/mol. The Morgan fingerprint density at radius 2 is 1.63 bits per heavy atom. The third-order valence-electron chi connectivity index (χ3n) is 5.76. The second-order valence-electron chi connectivity index (χ2n) is 7.89. The van der Waals surface area contributed by atoms with Crippen LogP contribution in [0.1, 0.15) is 37.8 Å². The van der Waals surface area contributed by atoms with Gasteiger partial charge in [-0.2, -0.15) is 0 Å². The average molecular weight is 354 g/mol. The van der Waals surface area contributed by atoms with Crippen molar-refractivity contribution >= 4 is 5.57 Å². The molecule has 136 valence electrons. The Hall–Kier alpha value is -2.80. The molecule has 0 saturated heterocycles. The van der Waals surface area contributed by atoms with Gasteiger partial charge in [0.25, 0.3) is 0 Å². The number of benzene rings is 2. The highest BCUT2D eigenvalue weighted by Crippen LogP contribution is 2.34. The minimum absolute atomic E-state index is 0.0827. The molecule has 1 N–H and O–H groups in total. The maximum absolute atomic E-state index is 3.66. The lowest BCUT2D eigenvalue weighted by atomic mass is 9.77. The first kappa shape index (κ1) is 17.6. The Labute approximate surface area is 162 Å². The Balaban J connectivity index is 1.47. The Morgan fingerprint density at radius 1 is 0.926 bits per heavy atom. The lowest BCUT2D eigenvalue weighted by Crippen LogP contribution is -2.25. The normalized spacial score (nSPS) is 24.7. The summed E-state index contributed by atoms with van der Waals surface area (Å²) < 4.78 is 0. The molecule has 2 aromatic carbocycles. The summed E-state index contributed by atoms with van der Waals surface area (Å²) in [4.78, 5) is 0. The van der Waals surface area contributed by atoms with Gasteiger partial charge in [0.15, 0.2) is 0 Å². The molecule has 1 heteroatoms. The summed E-state index contributed by atoms with van der Waals surface area (Å²) in [5, 5.41) is 3.66. The quantitative estimate of drug-likeness (QED) is 0.672. The molecule has 0 heterocycles. The lowest BCUT2D eigenvalue weighted by Gasteiger charge is -2.30. The molecule has 0 saturated carbocycles. The number of hydrogen-bond donors (Lipinski definition) is 1. The zero-order valence-electron chi connectivity index (χ0n) is 16.2. The molecule has 0 amide bonds. The fourth-order valence-electron chi connectivity index (χ4n) is 3.92. The predicted molar refractivity (Wildman–Crippen MR) is 115 cm³/mol. The molecular weight excluding hydrogens is 326 g/mol. The van der Waals surface area contributed by atoms with Crippen molar-refractivity contribution < 1.29 is 0 Å². The van der Waals surface area contributed by atoms with Gasteiger partial charge in [-0.15, -0.1) is 0 Å². The molecule has 0 aliphatic heterocycles. The van der Waals surface area contributed by atoms with Crippen LogP contribution in [0.15, 0.2) is 102 Å². The molecule has 2 aliphatic carbocycles. The van der Waals surface area contributed by atoms with Gasteiger partial charge in [-0.1, -0.05) is 92.7 Å². The highest BCUT2D eigenvalue weighted by Gasteiger charge is 2.25.